The van der Waals surface area contributed by atoms with Crippen molar-refractivity contribution >= 4 is 35.1 Å². The first-order valence-electron chi connectivity index (χ1n) is 11.3. The Hall–Kier alpha value is -2.06. The highest BCUT2D eigenvalue weighted by Crippen LogP contribution is 2.44. The largest absolute Gasteiger partial charge is 0.450 e. The normalized spacial score (nSPS) is 28.8. The lowest BCUT2D eigenvalue weighted by Gasteiger charge is -2.41. The van der Waals surface area contributed by atoms with E-state index < -0.39 is 6.09 Å². The van der Waals surface area contributed by atoms with Crippen molar-refractivity contribution in [2.24, 2.45) is 5.41 Å². The molecule has 0 aromatic carbocycles. The minimum Gasteiger partial charge on any atom is -0.450 e. The lowest BCUT2D eigenvalue weighted by molar-refractivity contribution is -0.139. The van der Waals surface area contributed by atoms with E-state index in [1.165, 1.54) is 0 Å². The first kappa shape index (κ1) is 22.1. The molecule has 2 saturated heterocycles. The van der Waals surface area contributed by atoms with E-state index in [0.717, 1.165) is 58.0 Å². The molecule has 0 unspecified atom stereocenters. The summed E-state index contributed by atoms with van der Waals surface area (Å²) in [6.07, 6.45) is 6.76. The Labute approximate surface area is 187 Å². The van der Waals surface area contributed by atoms with Crippen molar-refractivity contribution in [2.45, 2.75) is 64.0 Å². The van der Waals surface area contributed by atoms with Gasteiger partial charge in [-0.3, -0.25) is 10.1 Å². The zero-order valence-corrected chi connectivity index (χ0v) is 18.7. The van der Waals surface area contributed by atoms with Crippen LogP contribution in [0.4, 0.5) is 16.3 Å². The number of hydrogen-bond donors (Lipinski definition) is 2. The molecule has 3 fully saturated rings. The summed E-state index contributed by atoms with van der Waals surface area (Å²) < 4.78 is 4.89. The fourth-order valence-corrected chi connectivity index (χ4v) is 5.56. The number of halogens is 1. The highest BCUT2D eigenvalue weighted by atomic mass is 35.5. The number of amides is 2. The molecule has 0 bridgehead atoms. The number of nitrogens with one attached hydrogen (secondary N) is 1. The molecule has 1 saturated carbocycles. The summed E-state index contributed by atoms with van der Waals surface area (Å²) in [5, 5.41) is 12.8. The van der Waals surface area contributed by atoms with Crippen LogP contribution in [0.3, 0.4) is 0 Å². The molecule has 8 nitrogen and oxygen atoms in total. The van der Waals surface area contributed by atoms with Gasteiger partial charge in [0.2, 0.25) is 5.91 Å². The van der Waals surface area contributed by atoms with Crippen molar-refractivity contribution in [3.63, 3.8) is 0 Å². The van der Waals surface area contributed by atoms with Gasteiger partial charge >= 0.3 is 6.09 Å². The highest BCUT2D eigenvalue weighted by molar-refractivity contribution is 6.33. The predicted molar refractivity (Wildman–Crippen MR) is 118 cm³/mol. The van der Waals surface area contributed by atoms with Crippen LogP contribution in [-0.4, -0.2) is 65.4 Å². The van der Waals surface area contributed by atoms with E-state index in [1.54, 1.807) is 19.2 Å². The van der Waals surface area contributed by atoms with Crippen molar-refractivity contribution in [3.05, 3.63) is 17.3 Å². The van der Waals surface area contributed by atoms with Crippen LogP contribution in [-0.2, 0) is 9.53 Å². The van der Waals surface area contributed by atoms with Crippen molar-refractivity contribution in [1.82, 2.24) is 9.88 Å². The van der Waals surface area contributed by atoms with E-state index in [9.17, 15) is 14.7 Å². The topological polar surface area (TPSA) is 95.0 Å². The van der Waals surface area contributed by atoms with Crippen LogP contribution in [0.2, 0.25) is 5.02 Å². The van der Waals surface area contributed by atoms with E-state index in [4.69, 9.17) is 16.3 Å². The molecular formula is C22H31ClN4O4. The third-order valence-electron chi connectivity index (χ3n) is 6.87. The number of ether oxygens (including phenoxy) is 1. The Kier molecular flexibility index (Phi) is 6.57. The second-order valence-electron chi connectivity index (χ2n) is 8.89. The fraction of sp³-hybridized carbons (Fsp3) is 0.682. The Morgan fingerprint density at radius 3 is 2.81 bits per heavy atom. The molecule has 9 heteroatoms. The summed E-state index contributed by atoms with van der Waals surface area (Å²) in [5.74, 6) is 0.887. The molecule has 31 heavy (non-hydrogen) atoms. The van der Waals surface area contributed by atoms with Gasteiger partial charge < -0.3 is 19.6 Å². The molecule has 3 heterocycles. The Morgan fingerprint density at radius 1 is 1.32 bits per heavy atom. The van der Waals surface area contributed by atoms with Gasteiger partial charge in [-0.1, -0.05) is 11.6 Å². The summed E-state index contributed by atoms with van der Waals surface area (Å²) in [7, 11) is 0. The number of aliphatic hydroxyl groups excluding tert-OH is 1. The molecule has 3 aliphatic rings. The van der Waals surface area contributed by atoms with Crippen LogP contribution >= 0.6 is 11.6 Å². The van der Waals surface area contributed by atoms with Gasteiger partial charge in [0.05, 0.1) is 35.0 Å². The van der Waals surface area contributed by atoms with Crippen LogP contribution in [0, 0.1) is 5.41 Å². The molecule has 2 N–H and O–H groups in total. The van der Waals surface area contributed by atoms with Crippen LogP contribution in [0.25, 0.3) is 0 Å². The Balaban J connectivity index is 1.45. The van der Waals surface area contributed by atoms with Crippen molar-refractivity contribution < 1.29 is 19.4 Å². The van der Waals surface area contributed by atoms with Gasteiger partial charge in [0.1, 0.15) is 5.82 Å². The quantitative estimate of drug-likeness (QED) is 0.729. The van der Waals surface area contributed by atoms with Gasteiger partial charge in [0.25, 0.3) is 0 Å². The molecule has 1 spiro atoms. The van der Waals surface area contributed by atoms with Gasteiger partial charge in [-0.25, -0.2) is 9.78 Å². The smallest absolute Gasteiger partial charge is 0.411 e. The van der Waals surface area contributed by atoms with Gasteiger partial charge in [0, 0.05) is 25.7 Å². The monoisotopic (exact) mass is 450 g/mol. The lowest BCUT2D eigenvalue weighted by Crippen LogP contribution is -2.50. The van der Waals surface area contributed by atoms with Crippen molar-refractivity contribution in [3.8, 4) is 0 Å². The highest BCUT2D eigenvalue weighted by Gasteiger charge is 2.51. The molecule has 0 radical (unpaired) electrons. The Morgan fingerprint density at radius 2 is 2.10 bits per heavy atom. The number of rotatable bonds is 4. The van der Waals surface area contributed by atoms with Crippen LogP contribution in [0.15, 0.2) is 12.3 Å². The average molecular weight is 451 g/mol. The standard InChI is InChI=1S/C22H31ClN4O4/c1-2-31-21(30)25-15-12-18(23)19(24-13-15)26-10-3-8-22(14-26)9-11-27(20(22)29)16-4-6-17(28)7-5-16/h12-13,16-17,28H,2-11,14H2,1H3,(H,25,30)/t16-,17-,22-/m1/s1. The predicted octanol–water partition coefficient (Wildman–Crippen LogP) is 3.43. The number of likely N-dealkylation sites (tertiary alicyclic amines) is 1. The van der Waals surface area contributed by atoms with Crippen molar-refractivity contribution in [2.75, 3.05) is 36.5 Å². The average Bonchev–Trinajstić information content (AvgIpc) is 3.04. The molecule has 1 aromatic rings. The number of anilines is 2. The molecular weight excluding hydrogens is 420 g/mol. The first-order chi connectivity index (χ1) is 14.9. The second-order valence-corrected chi connectivity index (χ2v) is 9.30. The number of piperidine rings is 1. The van der Waals surface area contributed by atoms with E-state index in [-0.39, 0.29) is 30.1 Å². The Bertz CT molecular complexity index is 830. The van der Waals surface area contributed by atoms with Crippen LogP contribution in [0.5, 0.6) is 0 Å². The third-order valence-corrected chi connectivity index (χ3v) is 7.15. The van der Waals surface area contributed by atoms with Gasteiger partial charge in [-0.15, -0.1) is 0 Å². The van der Waals surface area contributed by atoms with E-state index >= 15 is 0 Å². The second kappa shape index (κ2) is 9.20. The van der Waals surface area contributed by atoms with E-state index in [1.807, 2.05) is 0 Å². The minimum absolute atomic E-state index is 0.220. The summed E-state index contributed by atoms with van der Waals surface area (Å²) in [4.78, 5) is 33.8. The SMILES string of the molecule is CCOC(=O)Nc1cnc(N2CCC[C@@]3(CCN([C@H]4CC[C@H](O)CC4)C3=O)C2)c(Cl)c1. The number of aromatic nitrogens is 1. The van der Waals surface area contributed by atoms with E-state index in [2.05, 4.69) is 20.1 Å². The van der Waals surface area contributed by atoms with Gasteiger partial charge in [-0.05, 0) is 57.9 Å². The maximum absolute atomic E-state index is 13.5. The number of pyridine rings is 1. The number of carbonyl (C=O) groups excluding carboxylic acids is 2. The third kappa shape index (κ3) is 4.60. The molecule has 4 rings (SSSR count). The fourth-order valence-electron chi connectivity index (χ4n) is 5.27. The van der Waals surface area contributed by atoms with E-state index in [0.29, 0.717) is 23.1 Å². The number of nitrogens with zero attached hydrogens (tertiary/aromatic N) is 3. The summed E-state index contributed by atoms with van der Waals surface area (Å²) >= 11 is 6.50. The molecule has 1 aliphatic carbocycles. The van der Waals surface area contributed by atoms with Crippen LogP contribution in [0.1, 0.15) is 51.9 Å². The minimum atomic E-state index is -0.545. The van der Waals surface area contributed by atoms with Gasteiger partial charge in [0.15, 0.2) is 0 Å². The summed E-state index contributed by atoms with van der Waals surface area (Å²) in [5.41, 5.74) is 0.0859. The number of aliphatic hydroxyl groups is 1. The van der Waals surface area contributed by atoms with Crippen LogP contribution < -0.4 is 10.2 Å². The molecule has 2 aliphatic heterocycles. The number of carbonyl (C=O) groups is 2. The first-order valence-corrected chi connectivity index (χ1v) is 11.6. The lowest BCUT2D eigenvalue weighted by atomic mass is 9.78. The maximum Gasteiger partial charge on any atom is 0.411 e. The molecule has 1 atom stereocenters. The molecule has 170 valence electrons. The van der Waals surface area contributed by atoms with Gasteiger partial charge in [-0.2, -0.15) is 0 Å². The zero-order chi connectivity index (χ0) is 22.0. The summed E-state index contributed by atoms with van der Waals surface area (Å²) in [6, 6.07) is 1.92. The summed E-state index contributed by atoms with van der Waals surface area (Å²) in [6.45, 7) is 4.21. The van der Waals surface area contributed by atoms with Crippen molar-refractivity contribution in [1.29, 1.82) is 0 Å². The number of hydrogen-bond acceptors (Lipinski definition) is 6. The maximum atomic E-state index is 13.5. The molecule has 1 aromatic heterocycles. The molecule has 2 amide bonds. The zero-order valence-electron chi connectivity index (χ0n) is 18.0.